The highest BCUT2D eigenvalue weighted by Crippen LogP contribution is 2.13. The third-order valence-electron chi connectivity index (χ3n) is 1.40. The van der Waals surface area contributed by atoms with E-state index in [4.69, 9.17) is 10.2 Å². The van der Waals surface area contributed by atoms with Gasteiger partial charge in [0.15, 0.2) is 0 Å². The molecule has 0 fully saturated rings. The summed E-state index contributed by atoms with van der Waals surface area (Å²) in [4.78, 5) is 0. The number of hydrogen-bond donors (Lipinski definition) is 2. The van der Waals surface area contributed by atoms with E-state index in [9.17, 15) is 0 Å². The molecule has 0 heterocycles. The van der Waals surface area contributed by atoms with Crippen LogP contribution in [-0.4, -0.2) is 16.8 Å². The van der Waals surface area contributed by atoms with Gasteiger partial charge in [0, 0.05) is 12.5 Å². The van der Waals surface area contributed by atoms with E-state index in [1.165, 1.54) is 0 Å². The monoisotopic (exact) mass is 126 g/mol. The van der Waals surface area contributed by atoms with Crippen molar-refractivity contribution in [3.63, 3.8) is 0 Å². The smallest absolute Gasteiger partial charge is 0.111 e. The van der Waals surface area contributed by atoms with Crippen molar-refractivity contribution in [1.29, 1.82) is 0 Å². The predicted octanol–water partition coefficient (Wildman–Crippen LogP) is 0.997. The Kier molecular flexibility index (Phi) is 1.90. The molecule has 0 aromatic heterocycles. The molecule has 1 aliphatic carbocycles. The zero-order chi connectivity index (χ0) is 6.69. The van der Waals surface area contributed by atoms with E-state index in [0.29, 0.717) is 5.76 Å². The minimum Gasteiger partial charge on any atom is -0.508 e. The molecule has 1 rings (SSSR count). The second-order valence-corrected chi connectivity index (χ2v) is 2.17. The van der Waals surface area contributed by atoms with Crippen molar-refractivity contribution in [3.8, 4) is 0 Å². The van der Waals surface area contributed by atoms with Gasteiger partial charge < -0.3 is 10.2 Å². The van der Waals surface area contributed by atoms with Crippen LogP contribution in [0.2, 0.25) is 0 Å². The van der Waals surface area contributed by atoms with Gasteiger partial charge in [-0.25, -0.2) is 0 Å². The molecule has 1 unspecified atom stereocenters. The topological polar surface area (TPSA) is 40.5 Å². The SMILES string of the molecule is OCC1C=CC(O)=CC1. The highest BCUT2D eigenvalue weighted by molar-refractivity contribution is 5.16. The van der Waals surface area contributed by atoms with E-state index >= 15 is 0 Å². The number of aliphatic hydroxyl groups is 2. The van der Waals surface area contributed by atoms with Gasteiger partial charge in [-0.3, -0.25) is 0 Å². The van der Waals surface area contributed by atoms with E-state index < -0.39 is 0 Å². The summed E-state index contributed by atoms with van der Waals surface area (Å²) in [6.45, 7) is 0.167. The molecule has 0 aromatic rings. The minimum atomic E-state index is 0.167. The first-order chi connectivity index (χ1) is 4.33. The number of hydrogen-bond acceptors (Lipinski definition) is 2. The van der Waals surface area contributed by atoms with E-state index in [2.05, 4.69) is 0 Å². The average molecular weight is 126 g/mol. The standard InChI is InChI=1S/C7H10O2/c8-5-6-1-3-7(9)4-2-6/h1,3-4,6,8-9H,2,5H2. The van der Waals surface area contributed by atoms with Crippen LogP contribution in [0.3, 0.4) is 0 Å². The van der Waals surface area contributed by atoms with Crippen molar-refractivity contribution >= 4 is 0 Å². The van der Waals surface area contributed by atoms with E-state index in [-0.39, 0.29) is 12.5 Å². The highest BCUT2D eigenvalue weighted by Gasteiger charge is 2.04. The van der Waals surface area contributed by atoms with Crippen molar-refractivity contribution in [2.75, 3.05) is 6.61 Å². The summed E-state index contributed by atoms with van der Waals surface area (Å²) in [5.41, 5.74) is 0. The molecular weight excluding hydrogens is 116 g/mol. The molecule has 2 N–H and O–H groups in total. The van der Waals surface area contributed by atoms with Gasteiger partial charge in [0.25, 0.3) is 0 Å². The lowest BCUT2D eigenvalue weighted by molar-refractivity contribution is 0.251. The maximum Gasteiger partial charge on any atom is 0.111 e. The van der Waals surface area contributed by atoms with Crippen molar-refractivity contribution in [2.45, 2.75) is 6.42 Å². The summed E-state index contributed by atoms with van der Waals surface area (Å²) in [5.74, 6) is 0.514. The van der Waals surface area contributed by atoms with Crippen LogP contribution < -0.4 is 0 Å². The summed E-state index contributed by atoms with van der Waals surface area (Å²) in [7, 11) is 0. The largest absolute Gasteiger partial charge is 0.508 e. The zero-order valence-electron chi connectivity index (χ0n) is 5.12. The number of rotatable bonds is 1. The van der Waals surface area contributed by atoms with Gasteiger partial charge >= 0.3 is 0 Å². The maximum absolute atomic E-state index is 8.82. The molecule has 2 heteroatoms. The van der Waals surface area contributed by atoms with Gasteiger partial charge in [-0.2, -0.15) is 0 Å². The Balaban J connectivity index is 2.48. The fourth-order valence-corrected chi connectivity index (χ4v) is 0.789. The summed E-state index contributed by atoms with van der Waals surface area (Å²) in [6, 6.07) is 0. The van der Waals surface area contributed by atoms with Gasteiger partial charge in [0.1, 0.15) is 5.76 Å². The van der Waals surface area contributed by atoms with Gasteiger partial charge in [-0.05, 0) is 18.6 Å². The van der Waals surface area contributed by atoms with Crippen LogP contribution in [0, 0.1) is 5.92 Å². The molecule has 9 heavy (non-hydrogen) atoms. The third kappa shape index (κ3) is 1.57. The lowest BCUT2D eigenvalue weighted by Crippen LogP contribution is -2.03. The Morgan fingerprint density at radius 1 is 1.67 bits per heavy atom. The van der Waals surface area contributed by atoms with Crippen molar-refractivity contribution in [1.82, 2.24) is 0 Å². The van der Waals surface area contributed by atoms with Crippen molar-refractivity contribution < 1.29 is 10.2 Å². The second kappa shape index (κ2) is 2.69. The molecule has 0 amide bonds. The first-order valence-electron chi connectivity index (χ1n) is 3.01. The summed E-state index contributed by atoms with van der Waals surface area (Å²) < 4.78 is 0. The molecule has 1 aliphatic rings. The normalized spacial score (nSPS) is 25.9. The van der Waals surface area contributed by atoms with Crippen molar-refractivity contribution in [3.05, 3.63) is 24.0 Å². The van der Waals surface area contributed by atoms with Gasteiger partial charge in [0.2, 0.25) is 0 Å². The second-order valence-electron chi connectivity index (χ2n) is 2.17. The summed E-state index contributed by atoms with van der Waals surface area (Å²) in [5, 5.41) is 17.4. The summed E-state index contributed by atoms with van der Waals surface area (Å²) in [6.07, 6.45) is 5.89. The molecule has 50 valence electrons. The molecular formula is C7H10O2. The molecule has 1 atom stereocenters. The fraction of sp³-hybridized carbons (Fsp3) is 0.429. The highest BCUT2D eigenvalue weighted by atomic mass is 16.3. The Hall–Kier alpha value is -0.760. The van der Waals surface area contributed by atoms with Gasteiger partial charge in [-0.1, -0.05) is 6.08 Å². The molecule has 0 bridgehead atoms. The Morgan fingerprint density at radius 3 is 2.89 bits per heavy atom. The van der Waals surface area contributed by atoms with Crippen LogP contribution in [0.15, 0.2) is 24.0 Å². The quantitative estimate of drug-likeness (QED) is 0.550. The number of aliphatic hydroxyl groups excluding tert-OH is 2. The van der Waals surface area contributed by atoms with Gasteiger partial charge in [-0.15, -0.1) is 0 Å². The first kappa shape index (κ1) is 6.36. The number of allylic oxidation sites excluding steroid dienone is 2. The van der Waals surface area contributed by atoms with Crippen molar-refractivity contribution in [2.24, 2.45) is 5.92 Å². The van der Waals surface area contributed by atoms with E-state index in [1.807, 2.05) is 6.08 Å². The molecule has 0 radical (unpaired) electrons. The van der Waals surface area contributed by atoms with Crippen LogP contribution in [0.5, 0.6) is 0 Å². The van der Waals surface area contributed by atoms with Gasteiger partial charge in [0.05, 0.1) is 0 Å². The molecule has 0 saturated heterocycles. The van der Waals surface area contributed by atoms with Crippen LogP contribution >= 0.6 is 0 Å². The minimum absolute atomic E-state index is 0.167. The molecule has 2 nitrogen and oxygen atoms in total. The Labute approximate surface area is 54.1 Å². The predicted molar refractivity (Wildman–Crippen MR) is 35.0 cm³/mol. The van der Waals surface area contributed by atoms with E-state index in [1.54, 1.807) is 12.2 Å². The Morgan fingerprint density at radius 2 is 2.44 bits per heavy atom. The van der Waals surface area contributed by atoms with Crippen LogP contribution in [0.1, 0.15) is 6.42 Å². The fourth-order valence-electron chi connectivity index (χ4n) is 0.789. The zero-order valence-corrected chi connectivity index (χ0v) is 5.12. The molecule has 0 aliphatic heterocycles. The molecule has 0 saturated carbocycles. The van der Waals surface area contributed by atoms with E-state index in [0.717, 1.165) is 6.42 Å². The molecule has 0 spiro atoms. The summed E-state index contributed by atoms with van der Waals surface area (Å²) >= 11 is 0. The molecule has 0 aromatic carbocycles. The van der Waals surface area contributed by atoms with Crippen LogP contribution in [0.25, 0.3) is 0 Å². The first-order valence-corrected chi connectivity index (χ1v) is 3.01. The third-order valence-corrected chi connectivity index (χ3v) is 1.40. The van der Waals surface area contributed by atoms with Crippen LogP contribution in [-0.2, 0) is 0 Å². The Bertz CT molecular complexity index is 147. The lowest BCUT2D eigenvalue weighted by Gasteiger charge is -2.09. The lowest BCUT2D eigenvalue weighted by atomic mass is 10.0. The average Bonchev–Trinajstić information content (AvgIpc) is 1.90. The maximum atomic E-state index is 8.82. The van der Waals surface area contributed by atoms with Crippen LogP contribution in [0.4, 0.5) is 0 Å².